The number of nitrogens with one attached hydrogen (secondary N) is 1. The van der Waals surface area contributed by atoms with Gasteiger partial charge in [0.1, 0.15) is 0 Å². The highest BCUT2D eigenvalue weighted by molar-refractivity contribution is 6.09. The number of aromatic carboxylic acids is 1. The number of amides is 3. The molecule has 2 N–H and O–H groups in total. The Balaban J connectivity index is 2.13. The van der Waals surface area contributed by atoms with Crippen LogP contribution in [0, 0.1) is 0 Å². The van der Waals surface area contributed by atoms with Gasteiger partial charge in [-0.1, -0.05) is 0 Å². The first-order valence-electron chi connectivity index (χ1n) is 6.28. The molecule has 0 saturated carbocycles. The number of carbonyl (C=O) groups is 3. The van der Waals surface area contributed by atoms with E-state index in [-0.39, 0.29) is 24.4 Å². The van der Waals surface area contributed by atoms with Crippen molar-refractivity contribution in [3.05, 3.63) is 36.2 Å². The van der Waals surface area contributed by atoms with Crippen molar-refractivity contribution in [2.24, 2.45) is 0 Å². The average Bonchev–Trinajstić information content (AvgIpc) is 2.46. The number of carbonyl (C=O) groups excluding carboxylic acids is 2. The summed E-state index contributed by atoms with van der Waals surface area (Å²) >= 11 is 0. The molecule has 2 aromatic rings. The lowest BCUT2D eigenvalue weighted by Gasteiger charge is -2.27. The van der Waals surface area contributed by atoms with Gasteiger partial charge in [-0.05, 0) is 23.6 Å². The lowest BCUT2D eigenvalue weighted by atomic mass is 10.0. The molecule has 0 unspecified atom stereocenters. The zero-order valence-corrected chi connectivity index (χ0v) is 10.9. The fourth-order valence-corrected chi connectivity index (χ4v) is 2.34. The normalized spacial score (nSPS) is 15.1. The third-order valence-corrected chi connectivity index (χ3v) is 3.33. The Kier molecular flexibility index (Phi) is 3.02. The highest BCUT2D eigenvalue weighted by Crippen LogP contribution is 2.27. The van der Waals surface area contributed by atoms with E-state index in [0.717, 1.165) is 0 Å². The van der Waals surface area contributed by atoms with Crippen molar-refractivity contribution in [2.75, 3.05) is 11.4 Å². The van der Waals surface area contributed by atoms with Crippen LogP contribution in [0.4, 0.5) is 10.5 Å². The highest BCUT2D eigenvalue weighted by Gasteiger charge is 2.25. The molecule has 1 fully saturated rings. The van der Waals surface area contributed by atoms with Gasteiger partial charge in [0.15, 0.2) is 0 Å². The van der Waals surface area contributed by atoms with E-state index in [1.165, 1.54) is 23.4 Å². The van der Waals surface area contributed by atoms with Crippen molar-refractivity contribution >= 4 is 34.4 Å². The number of hydrogen-bond donors (Lipinski definition) is 2. The Bertz CT molecular complexity index is 772. The third-order valence-electron chi connectivity index (χ3n) is 3.33. The Labute approximate surface area is 119 Å². The second kappa shape index (κ2) is 4.86. The second-order valence-electron chi connectivity index (χ2n) is 4.65. The van der Waals surface area contributed by atoms with Gasteiger partial charge in [-0.15, -0.1) is 0 Å². The van der Waals surface area contributed by atoms with Crippen LogP contribution >= 0.6 is 0 Å². The molecule has 1 aliphatic rings. The predicted molar refractivity (Wildman–Crippen MR) is 74.2 cm³/mol. The number of nitrogens with zero attached hydrogens (tertiary/aromatic N) is 2. The fraction of sp³-hybridized carbons (Fsp3) is 0.143. The van der Waals surface area contributed by atoms with E-state index in [1.54, 1.807) is 12.1 Å². The molecule has 1 saturated heterocycles. The number of pyridine rings is 1. The molecule has 0 bridgehead atoms. The first-order valence-corrected chi connectivity index (χ1v) is 6.28. The van der Waals surface area contributed by atoms with Gasteiger partial charge in [0.2, 0.25) is 5.91 Å². The lowest BCUT2D eigenvalue weighted by Crippen LogP contribution is -2.49. The number of carboxylic acids is 1. The largest absolute Gasteiger partial charge is 0.478 e. The van der Waals surface area contributed by atoms with Gasteiger partial charge in [0.25, 0.3) is 0 Å². The molecule has 0 aliphatic carbocycles. The Hall–Kier alpha value is -2.96. The van der Waals surface area contributed by atoms with Gasteiger partial charge < -0.3 is 5.11 Å². The van der Waals surface area contributed by atoms with Gasteiger partial charge in [-0.2, -0.15) is 0 Å². The van der Waals surface area contributed by atoms with Crippen LogP contribution in [0.15, 0.2) is 30.6 Å². The molecular weight excluding hydrogens is 274 g/mol. The Morgan fingerprint density at radius 1 is 1.33 bits per heavy atom. The summed E-state index contributed by atoms with van der Waals surface area (Å²) in [5.74, 6) is -1.42. The molecule has 0 radical (unpaired) electrons. The second-order valence-corrected chi connectivity index (χ2v) is 4.65. The summed E-state index contributed by atoms with van der Waals surface area (Å²) < 4.78 is 0. The first-order chi connectivity index (χ1) is 10.1. The van der Waals surface area contributed by atoms with Crippen molar-refractivity contribution < 1.29 is 19.5 Å². The standard InChI is InChI=1S/C14H11N3O4/c18-12-2-4-17(14(21)16-12)9-5-8-7-15-3-1-10(8)11(6-9)13(19)20/h1,3,5-7H,2,4H2,(H,19,20)(H,16,18,21). The molecular formula is C14H11N3O4. The van der Waals surface area contributed by atoms with Gasteiger partial charge in [0.05, 0.1) is 5.56 Å². The summed E-state index contributed by atoms with van der Waals surface area (Å²) in [5, 5.41) is 12.7. The zero-order chi connectivity index (χ0) is 15.0. The van der Waals surface area contributed by atoms with Crippen LogP contribution in [0.3, 0.4) is 0 Å². The molecule has 7 nitrogen and oxygen atoms in total. The average molecular weight is 285 g/mol. The van der Waals surface area contributed by atoms with Crippen molar-refractivity contribution in [1.29, 1.82) is 0 Å². The quantitative estimate of drug-likeness (QED) is 0.868. The highest BCUT2D eigenvalue weighted by atomic mass is 16.4. The SMILES string of the molecule is O=C1CCN(c2cc(C(=O)O)c3ccncc3c2)C(=O)N1. The van der Waals surface area contributed by atoms with Crippen molar-refractivity contribution in [3.8, 4) is 0 Å². The van der Waals surface area contributed by atoms with E-state index in [0.29, 0.717) is 16.5 Å². The summed E-state index contributed by atoms with van der Waals surface area (Å²) in [6.07, 6.45) is 3.23. The maximum atomic E-state index is 11.9. The monoisotopic (exact) mass is 285 g/mol. The van der Waals surface area contributed by atoms with Crippen LogP contribution < -0.4 is 10.2 Å². The number of hydrogen-bond acceptors (Lipinski definition) is 4. The number of aromatic nitrogens is 1. The minimum Gasteiger partial charge on any atom is -0.478 e. The molecule has 1 aromatic carbocycles. The van der Waals surface area contributed by atoms with E-state index in [4.69, 9.17) is 0 Å². The number of rotatable bonds is 2. The molecule has 21 heavy (non-hydrogen) atoms. The molecule has 0 atom stereocenters. The number of anilines is 1. The van der Waals surface area contributed by atoms with Gasteiger partial charge in [-0.3, -0.25) is 20.0 Å². The zero-order valence-electron chi connectivity index (χ0n) is 10.9. The molecule has 1 aliphatic heterocycles. The summed E-state index contributed by atoms with van der Waals surface area (Å²) in [7, 11) is 0. The molecule has 0 spiro atoms. The van der Waals surface area contributed by atoms with Crippen LogP contribution in [0.5, 0.6) is 0 Å². The Morgan fingerprint density at radius 2 is 2.14 bits per heavy atom. The maximum absolute atomic E-state index is 11.9. The van der Waals surface area contributed by atoms with E-state index in [9.17, 15) is 19.5 Å². The lowest BCUT2D eigenvalue weighted by molar-refractivity contribution is -0.120. The minimum absolute atomic E-state index is 0.0922. The van der Waals surface area contributed by atoms with Crippen molar-refractivity contribution in [1.82, 2.24) is 10.3 Å². The maximum Gasteiger partial charge on any atom is 0.336 e. The first kappa shape index (κ1) is 13.0. The third kappa shape index (κ3) is 2.29. The topological polar surface area (TPSA) is 99.6 Å². The van der Waals surface area contributed by atoms with Crippen LogP contribution in [0.25, 0.3) is 10.8 Å². The number of imide groups is 1. The summed E-state index contributed by atoms with van der Waals surface area (Å²) in [6.45, 7) is 0.218. The molecule has 3 amide bonds. The summed E-state index contributed by atoms with van der Waals surface area (Å²) in [6, 6.07) is 4.18. The molecule has 7 heteroatoms. The van der Waals surface area contributed by atoms with Crippen LogP contribution in [0.2, 0.25) is 0 Å². The van der Waals surface area contributed by atoms with Crippen molar-refractivity contribution in [2.45, 2.75) is 6.42 Å². The Morgan fingerprint density at radius 3 is 2.86 bits per heavy atom. The van der Waals surface area contributed by atoms with Crippen LogP contribution in [-0.2, 0) is 4.79 Å². The van der Waals surface area contributed by atoms with Crippen LogP contribution in [-0.4, -0.2) is 34.5 Å². The smallest absolute Gasteiger partial charge is 0.336 e. The van der Waals surface area contributed by atoms with Crippen LogP contribution in [0.1, 0.15) is 16.8 Å². The van der Waals surface area contributed by atoms with E-state index in [1.807, 2.05) is 0 Å². The van der Waals surface area contributed by atoms with E-state index in [2.05, 4.69) is 10.3 Å². The molecule has 2 heterocycles. The number of fused-ring (bicyclic) bond motifs is 1. The molecule has 1 aromatic heterocycles. The number of urea groups is 1. The summed E-state index contributed by atoms with van der Waals surface area (Å²) in [4.78, 5) is 39.7. The minimum atomic E-state index is -1.08. The number of carboxylic acid groups (broad SMARTS) is 1. The van der Waals surface area contributed by atoms with Gasteiger partial charge >= 0.3 is 12.0 Å². The summed E-state index contributed by atoms with van der Waals surface area (Å²) in [5.41, 5.74) is 0.521. The van der Waals surface area contributed by atoms with E-state index >= 15 is 0 Å². The number of benzene rings is 1. The van der Waals surface area contributed by atoms with Gasteiger partial charge in [0, 0.05) is 36.4 Å². The van der Waals surface area contributed by atoms with E-state index < -0.39 is 12.0 Å². The molecule has 3 rings (SSSR count). The fourth-order valence-electron chi connectivity index (χ4n) is 2.34. The van der Waals surface area contributed by atoms with Crippen molar-refractivity contribution in [3.63, 3.8) is 0 Å². The molecule has 106 valence electrons. The van der Waals surface area contributed by atoms with Gasteiger partial charge in [-0.25, -0.2) is 9.59 Å². The predicted octanol–water partition coefficient (Wildman–Crippen LogP) is 1.38.